The maximum Gasteiger partial charge on any atom is 0.190 e. The van der Waals surface area contributed by atoms with E-state index in [9.17, 15) is 0 Å². The zero-order chi connectivity index (χ0) is 15.4. The van der Waals surface area contributed by atoms with Gasteiger partial charge in [-0.05, 0) is 34.1 Å². The molecular weight excluding hydrogens is 278 g/mol. The lowest BCUT2D eigenvalue weighted by atomic mass is 9.93. The Hall–Kier alpha value is -0.280. The molecule has 3 saturated heterocycles. The van der Waals surface area contributed by atoms with Crippen molar-refractivity contribution in [1.82, 2.24) is 0 Å². The van der Waals surface area contributed by atoms with Gasteiger partial charge in [0, 0.05) is 12.6 Å². The van der Waals surface area contributed by atoms with Crippen LogP contribution in [0.4, 0.5) is 0 Å². The topological polar surface area (TPSA) is 92.4 Å². The third kappa shape index (κ3) is 2.84. The summed E-state index contributed by atoms with van der Waals surface area (Å²) in [7, 11) is 0. The summed E-state index contributed by atoms with van der Waals surface area (Å²) in [5, 5.41) is 9.12. The van der Waals surface area contributed by atoms with E-state index in [4.69, 9.17) is 34.5 Å². The molecule has 3 rings (SSSR count). The van der Waals surface area contributed by atoms with Crippen LogP contribution in [0.25, 0.3) is 0 Å². The van der Waals surface area contributed by atoms with Crippen LogP contribution in [0.3, 0.4) is 0 Å². The molecule has 3 fully saturated rings. The SMILES string of the molecule is CC1(C)O[C@@H]2[C@H](O1)[C@H]1OC(C)(C)O[C@H]1O[C@@H]2[C@@H](N)CCO. The van der Waals surface area contributed by atoms with E-state index in [1.54, 1.807) is 0 Å². The van der Waals surface area contributed by atoms with Gasteiger partial charge in [-0.15, -0.1) is 0 Å². The molecule has 7 nitrogen and oxygen atoms in total. The van der Waals surface area contributed by atoms with E-state index in [2.05, 4.69) is 0 Å². The van der Waals surface area contributed by atoms with Gasteiger partial charge in [-0.25, -0.2) is 0 Å². The second-order valence-electron chi connectivity index (χ2n) is 6.81. The number of aliphatic hydroxyl groups is 1. The van der Waals surface area contributed by atoms with E-state index in [0.717, 1.165) is 0 Å². The fraction of sp³-hybridized carbons (Fsp3) is 1.00. The molecule has 3 N–H and O–H groups in total. The van der Waals surface area contributed by atoms with Crippen molar-refractivity contribution in [3.63, 3.8) is 0 Å². The van der Waals surface area contributed by atoms with E-state index in [1.807, 2.05) is 27.7 Å². The minimum Gasteiger partial charge on any atom is -0.396 e. The molecule has 0 radical (unpaired) electrons. The van der Waals surface area contributed by atoms with Crippen LogP contribution in [-0.4, -0.2) is 60.0 Å². The Balaban J connectivity index is 1.85. The maximum atomic E-state index is 9.12. The zero-order valence-corrected chi connectivity index (χ0v) is 12.9. The summed E-state index contributed by atoms with van der Waals surface area (Å²) >= 11 is 0. The lowest BCUT2D eigenvalue weighted by Gasteiger charge is -2.39. The van der Waals surface area contributed by atoms with Crippen molar-refractivity contribution in [3.05, 3.63) is 0 Å². The Morgan fingerprint density at radius 1 is 0.952 bits per heavy atom. The molecule has 21 heavy (non-hydrogen) atoms. The second kappa shape index (κ2) is 5.13. The third-order valence-electron chi connectivity index (χ3n) is 4.07. The quantitative estimate of drug-likeness (QED) is 0.763. The van der Waals surface area contributed by atoms with Crippen molar-refractivity contribution in [3.8, 4) is 0 Å². The maximum absolute atomic E-state index is 9.12. The van der Waals surface area contributed by atoms with E-state index >= 15 is 0 Å². The van der Waals surface area contributed by atoms with Gasteiger partial charge in [0.1, 0.15) is 24.4 Å². The van der Waals surface area contributed by atoms with Crippen LogP contribution >= 0.6 is 0 Å². The molecule has 7 heteroatoms. The first-order valence-corrected chi connectivity index (χ1v) is 7.46. The Kier molecular flexibility index (Phi) is 3.81. The average molecular weight is 303 g/mol. The Labute approximate surface area is 124 Å². The third-order valence-corrected chi connectivity index (χ3v) is 4.07. The van der Waals surface area contributed by atoms with E-state index < -0.39 is 24.0 Å². The van der Waals surface area contributed by atoms with Crippen molar-refractivity contribution < 1.29 is 28.8 Å². The van der Waals surface area contributed by atoms with Crippen LogP contribution in [0.1, 0.15) is 34.1 Å². The number of hydrogen-bond acceptors (Lipinski definition) is 7. The predicted octanol–water partition coefficient (Wildman–Crippen LogP) is 0.0926. The number of nitrogens with two attached hydrogens (primary N) is 1. The van der Waals surface area contributed by atoms with Gasteiger partial charge < -0.3 is 34.5 Å². The van der Waals surface area contributed by atoms with Crippen molar-refractivity contribution in [1.29, 1.82) is 0 Å². The van der Waals surface area contributed by atoms with Crippen molar-refractivity contribution >= 4 is 0 Å². The second-order valence-corrected chi connectivity index (χ2v) is 6.81. The van der Waals surface area contributed by atoms with Crippen molar-refractivity contribution in [2.24, 2.45) is 5.73 Å². The highest BCUT2D eigenvalue weighted by Crippen LogP contribution is 2.44. The molecule has 0 spiro atoms. The molecule has 6 atom stereocenters. The lowest BCUT2D eigenvalue weighted by Crippen LogP contribution is -2.60. The molecule has 3 aliphatic heterocycles. The molecule has 0 aliphatic carbocycles. The minimum atomic E-state index is -0.730. The highest BCUT2D eigenvalue weighted by Gasteiger charge is 2.61. The zero-order valence-electron chi connectivity index (χ0n) is 12.9. The fourth-order valence-corrected chi connectivity index (χ4v) is 3.30. The lowest BCUT2D eigenvalue weighted by molar-refractivity contribution is -0.238. The molecule has 0 bridgehead atoms. The van der Waals surface area contributed by atoms with Crippen LogP contribution in [-0.2, 0) is 23.7 Å². The number of hydrogen-bond donors (Lipinski definition) is 2. The smallest absolute Gasteiger partial charge is 0.190 e. The van der Waals surface area contributed by atoms with Gasteiger partial charge in [-0.2, -0.15) is 0 Å². The first-order chi connectivity index (χ1) is 9.72. The Morgan fingerprint density at radius 2 is 1.52 bits per heavy atom. The number of ether oxygens (including phenoxy) is 5. The van der Waals surface area contributed by atoms with E-state index in [1.165, 1.54) is 0 Å². The first-order valence-electron chi connectivity index (χ1n) is 7.46. The van der Waals surface area contributed by atoms with Crippen molar-refractivity contribution in [2.75, 3.05) is 6.61 Å². The highest BCUT2D eigenvalue weighted by atomic mass is 16.9. The van der Waals surface area contributed by atoms with Gasteiger partial charge in [0.05, 0.1) is 0 Å². The molecule has 0 amide bonds. The molecule has 0 aromatic carbocycles. The summed E-state index contributed by atoms with van der Waals surface area (Å²) in [6, 6.07) is -0.353. The molecule has 3 heterocycles. The standard InChI is InChI=1S/C14H25NO6/c1-13(2)18-9-8(7(15)5-6-16)17-12-11(10(9)19-13)20-14(3,4)21-12/h7-12,16H,5-6,15H2,1-4H3/t7-,8+,9-,10-,11+,12+/m0/s1. The van der Waals surface area contributed by atoms with E-state index in [-0.39, 0.29) is 31.0 Å². The summed E-state index contributed by atoms with van der Waals surface area (Å²) in [6.07, 6.45) is -1.48. The van der Waals surface area contributed by atoms with Gasteiger partial charge in [0.2, 0.25) is 0 Å². The summed E-state index contributed by atoms with van der Waals surface area (Å²) < 4.78 is 29.6. The van der Waals surface area contributed by atoms with Gasteiger partial charge in [-0.3, -0.25) is 0 Å². The van der Waals surface area contributed by atoms with Crippen LogP contribution in [0.15, 0.2) is 0 Å². The molecule has 0 aromatic heterocycles. The Morgan fingerprint density at radius 3 is 2.19 bits per heavy atom. The van der Waals surface area contributed by atoms with Gasteiger partial charge in [-0.1, -0.05) is 0 Å². The van der Waals surface area contributed by atoms with Crippen LogP contribution in [0, 0.1) is 0 Å². The van der Waals surface area contributed by atoms with Crippen LogP contribution < -0.4 is 5.73 Å². The molecule has 0 aromatic rings. The molecule has 0 unspecified atom stereocenters. The van der Waals surface area contributed by atoms with Crippen molar-refractivity contribution in [2.45, 2.75) is 82.4 Å². The highest BCUT2D eigenvalue weighted by molar-refractivity contribution is 5.02. The summed E-state index contributed by atoms with van der Waals surface area (Å²) in [4.78, 5) is 0. The summed E-state index contributed by atoms with van der Waals surface area (Å²) in [6.45, 7) is 7.39. The average Bonchev–Trinajstić information content (AvgIpc) is 2.82. The Bertz CT molecular complexity index is 401. The summed E-state index contributed by atoms with van der Waals surface area (Å²) in [5.74, 6) is -1.45. The molecule has 3 aliphatic rings. The van der Waals surface area contributed by atoms with Crippen LogP contribution in [0.2, 0.25) is 0 Å². The first kappa shape index (κ1) is 15.6. The summed E-state index contributed by atoms with van der Waals surface area (Å²) in [5.41, 5.74) is 6.14. The van der Waals surface area contributed by atoms with Gasteiger partial charge in [0.15, 0.2) is 17.9 Å². The number of aliphatic hydroxyl groups excluding tert-OH is 1. The predicted molar refractivity (Wildman–Crippen MR) is 72.2 cm³/mol. The molecule has 122 valence electrons. The number of fused-ring (bicyclic) bond motifs is 3. The van der Waals surface area contributed by atoms with Crippen LogP contribution in [0.5, 0.6) is 0 Å². The molecular formula is C14H25NO6. The van der Waals surface area contributed by atoms with E-state index in [0.29, 0.717) is 6.42 Å². The van der Waals surface area contributed by atoms with Gasteiger partial charge in [0.25, 0.3) is 0 Å². The number of rotatable bonds is 3. The largest absolute Gasteiger partial charge is 0.396 e. The fourth-order valence-electron chi connectivity index (χ4n) is 3.30. The minimum absolute atomic E-state index is 0.000388. The van der Waals surface area contributed by atoms with Gasteiger partial charge >= 0.3 is 0 Å². The normalized spacial score (nSPS) is 45.1. The molecule has 0 saturated carbocycles. The monoisotopic (exact) mass is 303 g/mol.